The van der Waals surface area contributed by atoms with Gasteiger partial charge in [0.1, 0.15) is 11.4 Å². The fraction of sp³-hybridized carbons (Fsp3) is 0.375. The van der Waals surface area contributed by atoms with E-state index in [1.54, 1.807) is 4.68 Å². The average molecular weight is 397 g/mol. The highest BCUT2D eigenvalue weighted by molar-refractivity contribution is 7.83. The van der Waals surface area contributed by atoms with E-state index in [4.69, 9.17) is 11.6 Å². The number of benzene rings is 1. The van der Waals surface area contributed by atoms with Gasteiger partial charge in [-0.2, -0.15) is 5.10 Å². The van der Waals surface area contributed by atoms with E-state index in [0.29, 0.717) is 28.6 Å². The van der Waals surface area contributed by atoms with Crippen LogP contribution in [0.1, 0.15) is 42.4 Å². The van der Waals surface area contributed by atoms with Crippen molar-refractivity contribution in [3.8, 4) is 0 Å². The fourth-order valence-corrected chi connectivity index (χ4v) is 4.20. The molecule has 3 rings (SSSR count). The van der Waals surface area contributed by atoms with Gasteiger partial charge in [-0.15, -0.1) is 0 Å². The molecule has 1 atom stereocenters. The number of nitrogens with one attached hydrogen (secondary N) is 1. The van der Waals surface area contributed by atoms with Crippen LogP contribution in [-0.4, -0.2) is 24.8 Å². The average Bonchev–Trinajstić information content (AvgIpc) is 3.04. The molecule has 8 nitrogen and oxygen atoms in total. The second-order valence-corrected chi connectivity index (χ2v) is 8.85. The molecule has 0 aliphatic carbocycles. The lowest BCUT2D eigenvalue weighted by Gasteiger charge is -2.23. The summed E-state index contributed by atoms with van der Waals surface area (Å²) in [5.41, 5.74) is 0.464. The Kier molecular flexibility index (Phi) is 4.61. The molecule has 10 heteroatoms. The van der Waals surface area contributed by atoms with Crippen molar-refractivity contribution in [3.05, 3.63) is 50.2 Å². The first kappa shape index (κ1) is 18.5. The number of anilines is 1. The lowest BCUT2D eigenvalue weighted by Crippen LogP contribution is -2.27. The molecule has 1 aromatic carbocycles. The van der Waals surface area contributed by atoms with Gasteiger partial charge < -0.3 is 5.32 Å². The molecule has 0 bridgehead atoms. The predicted molar refractivity (Wildman–Crippen MR) is 98.8 cm³/mol. The van der Waals surface area contributed by atoms with E-state index in [9.17, 15) is 19.1 Å². The normalized spacial score (nSPS) is 16.4. The summed E-state index contributed by atoms with van der Waals surface area (Å²) < 4.78 is 13.5. The Balaban J connectivity index is 2.05. The van der Waals surface area contributed by atoms with E-state index < -0.39 is 27.2 Å². The molecule has 1 aliphatic heterocycles. The van der Waals surface area contributed by atoms with Crippen molar-refractivity contribution in [2.45, 2.75) is 37.8 Å². The lowest BCUT2D eigenvalue weighted by atomic mass is 10.1. The van der Waals surface area contributed by atoms with Crippen molar-refractivity contribution in [3.63, 3.8) is 0 Å². The number of halogens is 1. The Labute approximate surface area is 157 Å². The summed E-state index contributed by atoms with van der Waals surface area (Å²) >= 11 is 5.90. The van der Waals surface area contributed by atoms with Gasteiger partial charge in [-0.3, -0.25) is 19.1 Å². The molecule has 1 amide bonds. The van der Waals surface area contributed by atoms with Crippen LogP contribution in [0.5, 0.6) is 0 Å². The van der Waals surface area contributed by atoms with Crippen LogP contribution in [0.2, 0.25) is 5.02 Å². The van der Waals surface area contributed by atoms with Crippen molar-refractivity contribution >= 4 is 39.8 Å². The van der Waals surface area contributed by atoms with Crippen molar-refractivity contribution < 1.29 is 13.9 Å². The Hall–Kier alpha value is -2.26. The third kappa shape index (κ3) is 3.36. The summed E-state index contributed by atoms with van der Waals surface area (Å²) in [5, 5.41) is 18.6. The lowest BCUT2D eigenvalue weighted by molar-refractivity contribution is -0.385. The summed E-state index contributed by atoms with van der Waals surface area (Å²) in [6, 6.07) is 3.81. The minimum Gasteiger partial charge on any atom is -0.306 e. The topological polar surface area (TPSA) is 107 Å². The molecule has 26 heavy (non-hydrogen) atoms. The summed E-state index contributed by atoms with van der Waals surface area (Å²) in [6.45, 7) is 5.76. The summed E-state index contributed by atoms with van der Waals surface area (Å²) in [5.74, 6) is 0.375. The van der Waals surface area contributed by atoms with Gasteiger partial charge in [0.25, 0.3) is 11.6 Å². The molecule has 0 saturated heterocycles. The number of carbonyl (C=O) groups excluding carboxylic acids is 1. The van der Waals surface area contributed by atoms with Crippen molar-refractivity contribution in [2.24, 2.45) is 0 Å². The van der Waals surface area contributed by atoms with Crippen LogP contribution >= 0.6 is 11.6 Å². The molecular formula is C16H17ClN4O4S. The third-order valence-corrected chi connectivity index (χ3v) is 5.38. The second-order valence-electron chi connectivity index (χ2n) is 6.96. The maximum Gasteiger partial charge on any atom is 0.282 e. The third-order valence-electron chi connectivity index (χ3n) is 3.94. The molecule has 1 aromatic heterocycles. The monoisotopic (exact) mass is 396 g/mol. The number of nitrogens with zero attached hydrogens (tertiary/aromatic N) is 3. The molecule has 0 fully saturated rings. The molecule has 0 unspecified atom stereocenters. The van der Waals surface area contributed by atoms with Crippen LogP contribution in [0.3, 0.4) is 0 Å². The Bertz CT molecular complexity index is 948. The quantitative estimate of drug-likeness (QED) is 0.633. The standard InChI is InChI=1S/C16H17ClN4O4S/c1-16(2,3)20-14(11-7-26(25)8-12(11)19-20)18-15(22)10-6-9(17)4-5-13(10)21(23)24/h4-6H,7-8H2,1-3H3,(H,18,22)/t26-/m1/s1. The van der Waals surface area contributed by atoms with Crippen LogP contribution in [-0.2, 0) is 27.8 Å². The Morgan fingerprint density at radius 2 is 2.08 bits per heavy atom. The molecule has 2 heterocycles. The number of nitro benzene ring substituents is 1. The first-order valence-corrected chi connectivity index (χ1v) is 9.66. The van der Waals surface area contributed by atoms with Crippen LogP contribution in [0.25, 0.3) is 0 Å². The van der Waals surface area contributed by atoms with Crippen molar-refractivity contribution in [1.82, 2.24) is 9.78 Å². The van der Waals surface area contributed by atoms with Gasteiger partial charge in [0.15, 0.2) is 0 Å². The number of fused-ring (bicyclic) bond motifs is 1. The molecule has 1 N–H and O–H groups in total. The first-order chi connectivity index (χ1) is 12.1. The van der Waals surface area contributed by atoms with E-state index in [2.05, 4.69) is 10.4 Å². The van der Waals surface area contributed by atoms with Gasteiger partial charge in [-0.05, 0) is 32.9 Å². The van der Waals surface area contributed by atoms with Gasteiger partial charge >= 0.3 is 0 Å². The summed E-state index contributed by atoms with van der Waals surface area (Å²) in [7, 11) is -1.06. The highest BCUT2D eigenvalue weighted by atomic mass is 35.5. The number of carbonyl (C=O) groups is 1. The van der Waals surface area contributed by atoms with Crippen LogP contribution in [0.15, 0.2) is 18.2 Å². The van der Waals surface area contributed by atoms with E-state index in [0.717, 1.165) is 0 Å². The predicted octanol–water partition coefficient (Wildman–Crippen LogP) is 3.21. The molecule has 138 valence electrons. The Morgan fingerprint density at radius 1 is 1.38 bits per heavy atom. The molecule has 0 radical (unpaired) electrons. The van der Waals surface area contributed by atoms with Crippen molar-refractivity contribution in [2.75, 3.05) is 5.32 Å². The smallest absolute Gasteiger partial charge is 0.282 e. The Morgan fingerprint density at radius 3 is 2.69 bits per heavy atom. The minimum absolute atomic E-state index is 0.142. The number of rotatable bonds is 3. The first-order valence-electron chi connectivity index (χ1n) is 7.79. The van der Waals surface area contributed by atoms with Crippen LogP contribution in [0.4, 0.5) is 11.5 Å². The van der Waals surface area contributed by atoms with Gasteiger partial charge in [-0.1, -0.05) is 11.6 Å². The molecule has 2 aromatic rings. The van der Waals surface area contributed by atoms with Gasteiger partial charge in [0, 0.05) is 27.5 Å². The number of hydrogen-bond acceptors (Lipinski definition) is 5. The summed E-state index contributed by atoms with van der Waals surface area (Å²) in [4.78, 5) is 23.3. The maximum absolute atomic E-state index is 12.8. The number of nitro groups is 1. The SMILES string of the molecule is CC(C)(C)n1nc2c(c1NC(=O)c1cc(Cl)ccc1[N+](=O)[O-])C[S@@](=O)C2. The van der Waals surface area contributed by atoms with Gasteiger partial charge in [-0.25, -0.2) is 4.68 Å². The number of hydrogen-bond donors (Lipinski definition) is 1. The highest BCUT2D eigenvalue weighted by Gasteiger charge is 2.32. The molecular weight excluding hydrogens is 380 g/mol. The van der Waals surface area contributed by atoms with E-state index in [1.807, 2.05) is 20.8 Å². The fourth-order valence-electron chi connectivity index (χ4n) is 2.77. The van der Waals surface area contributed by atoms with E-state index >= 15 is 0 Å². The highest BCUT2D eigenvalue weighted by Crippen LogP contribution is 2.34. The van der Waals surface area contributed by atoms with Crippen molar-refractivity contribution in [1.29, 1.82) is 0 Å². The van der Waals surface area contributed by atoms with Crippen LogP contribution in [0, 0.1) is 10.1 Å². The zero-order chi connectivity index (χ0) is 19.2. The largest absolute Gasteiger partial charge is 0.306 e. The second kappa shape index (κ2) is 6.48. The van der Waals surface area contributed by atoms with Gasteiger partial charge in [0.05, 0.1) is 27.7 Å². The van der Waals surface area contributed by atoms with E-state index in [-0.39, 0.29) is 16.3 Å². The minimum atomic E-state index is -1.06. The van der Waals surface area contributed by atoms with E-state index in [1.165, 1.54) is 18.2 Å². The van der Waals surface area contributed by atoms with Gasteiger partial charge in [0.2, 0.25) is 0 Å². The zero-order valence-corrected chi connectivity index (χ0v) is 16.0. The zero-order valence-electron chi connectivity index (χ0n) is 14.4. The molecule has 1 aliphatic rings. The van der Waals surface area contributed by atoms with Crippen LogP contribution < -0.4 is 5.32 Å². The maximum atomic E-state index is 12.8. The number of amides is 1. The molecule has 0 saturated carbocycles. The summed E-state index contributed by atoms with van der Waals surface area (Å²) in [6.07, 6.45) is 0. The molecule has 0 spiro atoms. The number of aromatic nitrogens is 2.